The Morgan fingerprint density at radius 3 is 2.06 bits per heavy atom. The first-order valence-electron chi connectivity index (χ1n) is 5.40. The van der Waals surface area contributed by atoms with E-state index in [1.165, 1.54) is 14.2 Å². The van der Waals surface area contributed by atoms with Crippen molar-refractivity contribution in [1.82, 2.24) is 0 Å². The van der Waals surface area contributed by atoms with E-state index in [1.807, 2.05) is 12.2 Å². The molecule has 0 aliphatic heterocycles. The lowest BCUT2D eigenvalue weighted by atomic mass is 9.93. The van der Waals surface area contributed by atoms with E-state index >= 15 is 0 Å². The molecule has 4 nitrogen and oxygen atoms in total. The molecule has 0 aromatic carbocycles. The van der Waals surface area contributed by atoms with Crippen LogP contribution >= 0.6 is 0 Å². The van der Waals surface area contributed by atoms with E-state index in [9.17, 15) is 9.59 Å². The van der Waals surface area contributed by atoms with Crippen LogP contribution in [0.3, 0.4) is 0 Å². The molecule has 0 bridgehead atoms. The predicted octanol–water partition coefficient (Wildman–Crippen LogP) is 1.94. The normalized spacial score (nSPS) is 12.8. The molecule has 1 atom stereocenters. The average Bonchev–Trinajstić information content (AvgIpc) is 2.29. The highest BCUT2D eigenvalue weighted by molar-refractivity contribution is 5.95. The molecule has 92 valence electrons. The second kappa shape index (κ2) is 7.91. The summed E-state index contributed by atoms with van der Waals surface area (Å²) in [4.78, 5) is 22.9. The highest BCUT2D eigenvalue weighted by Crippen LogP contribution is 2.17. The summed E-state index contributed by atoms with van der Waals surface area (Å²) in [5.41, 5.74) is 0. The van der Waals surface area contributed by atoms with Crippen LogP contribution in [0.15, 0.2) is 12.2 Å². The van der Waals surface area contributed by atoms with Crippen LogP contribution < -0.4 is 0 Å². The summed E-state index contributed by atoms with van der Waals surface area (Å²) < 4.78 is 9.18. The van der Waals surface area contributed by atoms with Gasteiger partial charge in [0, 0.05) is 0 Å². The lowest BCUT2D eigenvalue weighted by Crippen LogP contribution is -2.31. The molecule has 0 spiro atoms. The minimum atomic E-state index is -0.872. The van der Waals surface area contributed by atoms with Crippen molar-refractivity contribution in [3.63, 3.8) is 0 Å². The smallest absolute Gasteiger partial charge is 0.320 e. The third kappa shape index (κ3) is 4.47. The van der Waals surface area contributed by atoms with E-state index < -0.39 is 17.9 Å². The van der Waals surface area contributed by atoms with Crippen molar-refractivity contribution in [1.29, 1.82) is 0 Å². The Hall–Kier alpha value is -1.32. The summed E-state index contributed by atoms with van der Waals surface area (Å²) in [6, 6.07) is 0. The Balaban J connectivity index is 4.62. The largest absolute Gasteiger partial charge is 0.468 e. The van der Waals surface area contributed by atoms with Crippen molar-refractivity contribution >= 4 is 11.9 Å². The van der Waals surface area contributed by atoms with Crippen LogP contribution in [0, 0.1) is 11.8 Å². The molecule has 4 heteroatoms. The number of esters is 2. The number of methoxy groups -OCH3 is 2. The summed E-state index contributed by atoms with van der Waals surface area (Å²) in [7, 11) is 2.53. The standard InChI is InChI=1S/C12H20O4/c1-5-6-7-8-9(2)10(11(13)15-3)12(14)16-4/h7-10H,5-6H2,1-4H3/b8-7+. The van der Waals surface area contributed by atoms with Crippen molar-refractivity contribution in [2.24, 2.45) is 11.8 Å². The van der Waals surface area contributed by atoms with Crippen LogP contribution in [-0.4, -0.2) is 26.2 Å². The number of hydrogen-bond acceptors (Lipinski definition) is 4. The van der Waals surface area contributed by atoms with Gasteiger partial charge in [-0.25, -0.2) is 0 Å². The summed E-state index contributed by atoms with van der Waals surface area (Å²) in [5.74, 6) is -2.20. The van der Waals surface area contributed by atoms with Gasteiger partial charge in [0.05, 0.1) is 14.2 Å². The summed E-state index contributed by atoms with van der Waals surface area (Å²) >= 11 is 0. The van der Waals surface area contributed by atoms with Crippen molar-refractivity contribution in [2.45, 2.75) is 26.7 Å². The van der Waals surface area contributed by atoms with Crippen molar-refractivity contribution in [3.8, 4) is 0 Å². The van der Waals surface area contributed by atoms with Crippen LogP contribution in [-0.2, 0) is 19.1 Å². The van der Waals surface area contributed by atoms with Gasteiger partial charge in [0.15, 0.2) is 5.92 Å². The first-order valence-corrected chi connectivity index (χ1v) is 5.40. The first kappa shape index (κ1) is 14.7. The Bertz CT molecular complexity index is 242. The molecular weight excluding hydrogens is 208 g/mol. The average molecular weight is 228 g/mol. The predicted molar refractivity (Wildman–Crippen MR) is 60.7 cm³/mol. The fraction of sp³-hybridized carbons (Fsp3) is 0.667. The number of carbonyl (C=O) groups is 2. The van der Waals surface area contributed by atoms with E-state index in [4.69, 9.17) is 0 Å². The zero-order valence-corrected chi connectivity index (χ0v) is 10.4. The molecule has 0 aromatic heterocycles. The molecule has 0 rings (SSSR count). The third-order valence-corrected chi connectivity index (χ3v) is 2.33. The van der Waals surface area contributed by atoms with Gasteiger partial charge in [-0.1, -0.05) is 32.4 Å². The third-order valence-electron chi connectivity index (χ3n) is 2.33. The molecule has 0 amide bonds. The molecule has 0 aliphatic carbocycles. The minimum absolute atomic E-state index is 0.216. The van der Waals surface area contributed by atoms with Gasteiger partial charge in [-0.05, 0) is 12.3 Å². The number of carbonyl (C=O) groups excluding carboxylic acids is 2. The Morgan fingerprint density at radius 2 is 1.69 bits per heavy atom. The van der Waals surface area contributed by atoms with Gasteiger partial charge >= 0.3 is 11.9 Å². The van der Waals surface area contributed by atoms with Crippen LogP contribution in [0.25, 0.3) is 0 Å². The topological polar surface area (TPSA) is 52.6 Å². The van der Waals surface area contributed by atoms with Gasteiger partial charge in [-0.15, -0.1) is 0 Å². The van der Waals surface area contributed by atoms with Crippen molar-refractivity contribution < 1.29 is 19.1 Å². The number of ether oxygens (including phenoxy) is 2. The molecule has 0 fully saturated rings. The second-order valence-corrected chi connectivity index (χ2v) is 3.60. The molecule has 0 N–H and O–H groups in total. The summed E-state index contributed by atoms with van der Waals surface area (Å²) in [6.45, 7) is 3.86. The van der Waals surface area contributed by atoms with Gasteiger partial charge in [-0.2, -0.15) is 0 Å². The molecule has 0 radical (unpaired) electrons. The number of rotatable bonds is 6. The zero-order chi connectivity index (χ0) is 12.6. The van der Waals surface area contributed by atoms with Gasteiger partial charge < -0.3 is 9.47 Å². The highest BCUT2D eigenvalue weighted by Gasteiger charge is 2.32. The maximum absolute atomic E-state index is 11.4. The second-order valence-electron chi connectivity index (χ2n) is 3.60. The lowest BCUT2D eigenvalue weighted by Gasteiger charge is -2.16. The molecule has 0 aliphatic rings. The SMILES string of the molecule is CCC/C=C/C(C)C(C(=O)OC)C(=O)OC. The van der Waals surface area contributed by atoms with Crippen LogP contribution in [0.5, 0.6) is 0 Å². The minimum Gasteiger partial charge on any atom is -0.468 e. The molecule has 16 heavy (non-hydrogen) atoms. The van der Waals surface area contributed by atoms with Gasteiger partial charge in [0.25, 0.3) is 0 Å². The highest BCUT2D eigenvalue weighted by atomic mass is 16.5. The van der Waals surface area contributed by atoms with E-state index in [0.29, 0.717) is 0 Å². The van der Waals surface area contributed by atoms with Crippen LogP contribution in [0.1, 0.15) is 26.7 Å². The maximum Gasteiger partial charge on any atom is 0.320 e. The van der Waals surface area contributed by atoms with E-state index in [0.717, 1.165) is 12.8 Å². The monoisotopic (exact) mass is 228 g/mol. The fourth-order valence-corrected chi connectivity index (χ4v) is 1.37. The van der Waals surface area contributed by atoms with E-state index in [-0.39, 0.29) is 5.92 Å². The Labute approximate surface area is 96.6 Å². The zero-order valence-electron chi connectivity index (χ0n) is 10.4. The fourth-order valence-electron chi connectivity index (χ4n) is 1.37. The number of hydrogen-bond donors (Lipinski definition) is 0. The van der Waals surface area contributed by atoms with Crippen LogP contribution in [0.4, 0.5) is 0 Å². The van der Waals surface area contributed by atoms with Crippen molar-refractivity contribution in [3.05, 3.63) is 12.2 Å². The van der Waals surface area contributed by atoms with Crippen LogP contribution in [0.2, 0.25) is 0 Å². The van der Waals surface area contributed by atoms with E-state index in [2.05, 4.69) is 16.4 Å². The Kier molecular flexibility index (Phi) is 7.25. The van der Waals surface area contributed by atoms with Crippen molar-refractivity contribution in [2.75, 3.05) is 14.2 Å². The molecule has 0 saturated carbocycles. The quantitative estimate of drug-likeness (QED) is 0.396. The number of allylic oxidation sites excluding steroid dienone is 2. The number of unbranched alkanes of at least 4 members (excludes halogenated alkanes) is 1. The molecule has 0 aromatic rings. The van der Waals surface area contributed by atoms with Gasteiger partial charge in [-0.3, -0.25) is 9.59 Å². The van der Waals surface area contributed by atoms with Gasteiger partial charge in [0.2, 0.25) is 0 Å². The van der Waals surface area contributed by atoms with E-state index in [1.54, 1.807) is 6.92 Å². The maximum atomic E-state index is 11.4. The summed E-state index contributed by atoms with van der Waals surface area (Å²) in [5, 5.41) is 0. The molecule has 1 unspecified atom stereocenters. The first-order chi connectivity index (χ1) is 7.58. The Morgan fingerprint density at radius 1 is 1.19 bits per heavy atom. The molecule has 0 saturated heterocycles. The lowest BCUT2D eigenvalue weighted by molar-refractivity contribution is -0.160. The van der Waals surface area contributed by atoms with Gasteiger partial charge in [0.1, 0.15) is 0 Å². The molecule has 0 heterocycles. The molecular formula is C12H20O4. The summed E-state index contributed by atoms with van der Waals surface area (Å²) in [6.07, 6.45) is 5.77.